The Hall–Kier alpha value is -1.40. The van der Waals surface area contributed by atoms with Crippen LogP contribution in [-0.2, 0) is 9.53 Å². The van der Waals surface area contributed by atoms with Crippen LogP contribution < -0.4 is 0 Å². The Kier molecular flexibility index (Phi) is 6.26. The van der Waals surface area contributed by atoms with Crippen molar-refractivity contribution in [2.45, 2.75) is 82.3 Å². The van der Waals surface area contributed by atoms with Gasteiger partial charge in [0.25, 0.3) is 0 Å². The number of carbonyl (C=O) groups excluding carboxylic acids is 1. The lowest BCUT2D eigenvalue weighted by Gasteiger charge is -2.48. The number of ketones is 1. The monoisotopic (exact) mass is 383 g/mol. The second-order valence-corrected chi connectivity index (χ2v) is 7.65. The maximum Gasteiger partial charge on any atom is 0.431 e. The topological polar surface area (TPSA) is 29.5 Å². The molecule has 0 amide bonds. The SMILES string of the molecule is CCCCC(=O)CC[C@@H]1CCC[C@@]2(C(F)(F)F)OC[C@H](c3ccccc3)N12. The van der Waals surface area contributed by atoms with E-state index in [4.69, 9.17) is 4.74 Å². The van der Waals surface area contributed by atoms with Gasteiger partial charge in [0.2, 0.25) is 5.72 Å². The first-order chi connectivity index (χ1) is 12.9. The molecule has 2 saturated heterocycles. The van der Waals surface area contributed by atoms with Crippen LogP contribution in [0.15, 0.2) is 30.3 Å². The van der Waals surface area contributed by atoms with Crippen molar-refractivity contribution in [1.29, 1.82) is 0 Å². The van der Waals surface area contributed by atoms with E-state index in [9.17, 15) is 18.0 Å². The molecule has 2 aliphatic rings. The van der Waals surface area contributed by atoms with Crippen molar-refractivity contribution in [2.75, 3.05) is 6.61 Å². The van der Waals surface area contributed by atoms with Gasteiger partial charge in [-0.3, -0.25) is 9.69 Å². The van der Waals surface area contributed by atoms with E-state index < -0.39 is 17.9 Å². The Labute approximate surface area is 158 Å². The maximum atomic E-state index is 14.1. The average molecular weight is 383 g/mol. The molecule has 3 atom stereocenters. The fourth-order valence-electron chi connectivity index (χ4n) is 4.50. The van der Waals surface area contributed by atoms with E-state index in [1.807, 2.05) is 37.3 Å². The van der Waals surface area contributed by atoms with Gasteiger partial charge in [-0.2, -0.15) is 13.2 Å². The van der Waals surface area contributed by atoms with E-state index in [1.54, 1.807) is 4.90 Å². The lowest BCUT2D eigenvalue weighted by Crippen LogP contribution is -2.62. The van der Waals surface area contributed by atoms with Crippen LogP contribution in [0.3, 0.4) is 0 Å². The number of Topliss-reactive ketones (excluding diaryl/α,β-unsaturated/α-hetero) is 1. The number of rotatable bonds is 7. The third kappa shape index (κ3) is 4.06. The van der Waals surface area contributed by atoms with Crippen molar-refractivity contribution >= 4 is 5.78 Å². The Morgan fingerprint density at radius 1 is 1.26 bits per heavy atom. The number of hydrogen-bond donors (Lipinski definition) is 0. The van der Waals surface area contributed by atoms with E-state index in [0.717, 1.165) is 18.4 Å². The van der Waals surface area contributed by atoms with Crippen molar-refractivity contribution in [3.63, 3.8) is 0 Å². The number of alkyl halides is 3. The Morgan fingerprint density at radius 3 is 2.67 bits per heavy atom. The summed E-state index contributed by atoms with van der Waals surface area (Å²) in [5, 5.41) is 0. The zero-order chi connectivity index (χ0) is 19.5. The van der Waals surface area contributed by atoms with Crippen molar-refractivity contribution in [3.8, 4) is 0 Å². The van der Waals surface area contributed by atoms with E-state index in [2.05, 4.69) is 0 Å². The van der Waals surface area contributed by atoms with Crippen LogP contribution in [0.1, 0.15) is 69.9 Å². The van der Waals surface area contributed by atoms with E-state index in [-0.39, 0.29) is 24.9 Å². The average Bonchev–Trinajstić information content (AvgIpc) is 3.07. The summed E-state index contributed by atoms with van der Waals surface area (Å²) < 4.78 is 47.7. The number of carbonyl (C=O) groups is 1. The number of hydrogen-bond acceptors (Lipinski definition) is 3. The lowest BCUT2D eigenvalue weighted by atomic mass is 9.87. The van der Waals surface area contributed by atoms with Crippen LogP contribution in [0.5, 0.6) is 0 Å². The van der Waals surface area contributed by atoms with E-state index in [1.165, 1.54) is 0 Å². The van der Waals surface area contributed by atoms with Crippen molar-refractivity contribution in [1.82, 2.24) is 4.90 Å². The molecule has 6 heteroatoms. The minimum absolute atomic E-state index is 0.0316. The van der Waals surface area contributed by atoms with Gasteiger partial charge in [0, 0.05) is 18.9 Å². The Morgan fingerprint density at radius 2 is 2.00 bits per heavy atom. The summed E-state index contributed by atoms with van der Waals surface area (Å²) in [6.07, 6.45) is -0.244. The van der Waals surface area contributed by atoms with Gasteiger partial charge in [-0.25, -0.2) is 0 Å². The van der Waals surface area contributed by atoms with Gasteiger partial charge in [0.15, 0.2) is 0 Å². The number of nitrogens with zero attached hydrogens (tertiary/aromatic N) is 1. The quantitative estimate of drug-likeness (QED) is 0.630. The van der Waals surface area contributed by atoms with Gasteiger partial charge < -0.3 is 4.74 Å². The number of piperidine rings is 1. The summed E-state index contributed by atoms with van der Waals surface area (Å²) in [7, 11) is 0. The standard InChI is InChI=1S/C21H28F3NO2/c1-2-3-11-18(26)13-12-17-10-7-14-20(21(22,23)24)25(17)19(15-27-20)16-8-5-4-6-9-16/h4-6,8-9,17,19H,2-3,7,10-15H2,1H3/t17-,19+,20-/m0/s1. The molecule has 3 nitrogen and oxygen atoms in total. The van der Waals surface area contributed by atoms with Crippen LogP contribution in [0.2, 0.25) is 0 Å². The van der Waals surface area contributed by atoms with Gasteiger partial charge in [0.1, 0.15) is 5.78 Å². The van der Waals surface area contributed by atoms with Crippen LogP contribution >= 0.6 is 0 Å². The fraction of sp³-hybridized carbons (Fsp3) is 0.667. The summed E-state index contributed by atoms with van der Waals surface area (Å²) in [6.45, 7) is 2.06. The Balaban J connectivity index is 1.84. The molecule has 27 heavy (non-hydrogen) atoms. The predicted octanol–water partition coefficient (Wildman–Crippen LogP) is 5.41. The molecule has 0 saturated carbocycles. The molecule has 2 heterocycles. The molecule has 0 spiro atoms. The van der Waals surface area contributed by atoms with Gasteiger partial charge in [-0.05, 0) is 37.7 Å². The smallest absolute Gasteiger partial charge is 0.350 e. The fourth-order valence-corrected chi connectivity index (χ4v) is 4.50. The van der Waals surface area contributed by atoms with Gasteiger partial charge in [-0.1, -0.05) is 43.7 Å². The first-order valence-corrected chi connectivity index (χ1v) is 9.95. The first-order valence-electron chi connectivity index (χ1n) is 9.95. The van der Waals surface area contributed by atoms with Crippen molar-refractivity contribution in [2.24, 2.45) is 0 Å². The minimum Gasteiger partial charge on any atom is -0.350 e. The molecule has 150 valence electrons. The summed E-state index contributed by atoms with van der Waals surface area (Å²) in [5.41, 5.74) is -1.38. The van der Waals surface area contributed by atoms with Crippen molar-refractivity contribution in [3.05, 3.63) is 35.9 Å². The summed E-state index contributed by atoms with van der Waals surface area (Å²) >= 11 is 0. The molecule has 3 rings (SSSR count). The molecule has 2 aliphatic heterocycles. The van der Waals surface area contributed by atoms with Crippen LogP contribution in [0.25, 0.3) is 0 Å². The number of fused-ring (bicyclic) bond motifs is 1. The van der Waals surface area contributed by atoms with Gasteiger partial charge in [0.05, 0.1) is 12.6 Å². The maximum absolute atomic E-state index is 14.1. The highest BCUT2D eigenvalue weighted by molar-refractivity contribution is 5.78. The van der Waals surface area contributed by atoms with E-state index >= 15 is 0 Å². The number of benzene rings is 1. The minimum atomic E-state index is -4.46. The van der Waals surface area contributed by atoms with Gasteiger partial charge in [-0.15, -0.1) is 0 Å². The number of halogens is 3. The lowest BCUT2D eigenvalue weighted by molar-refractivity contribution is -0.321. The van der Waals surface area contributed by atoms with E-state index in [0.29, 0.717) is 32.1 Å². The molecule has 0 unspecified atom stereocenters. The largest absolute Gasteiger partial charge is 0.431 e. The highest BCUT2D eigenvalue weighted by Crippen LogP contribution is 2.53. The predicted molar refractivity (Wildman–Crippen MR) is 97.2 cm³/mol. The van der Waals surface area contributed by atoms with Gasteiger partial charge >= 0.3 is 6.18 Å². The zero-order valence-corrected chi connectivity index (χ0v) is 15.8. The van der Waals surface area contributed by atoms with Crippen LogP contribution in [0.4, 0.5) is 13.2 Å². The third-order valence-corrected chi connectivity index (χ3v) is 5.87. The Bertz CT molecular complexity index is 634. The molecule has 1 aromatic carbocycles. The molecular weight excluding hydrogens is 355 g/mol. The first kappa shape index (κ1) is 20.3. The molecule has 0 radical (unpaired) electrons. The molecule has 0 aliphatic carbocycles. The molecule has 0 aromatic heterocycles. The van der Waals surface area contributed by atoms with Crippen molar-refractivity contribution < 1.29 is 22.7 Å². The second-order valence-electron chi connectivity index (χ2n) is 7.65. The highest BCUT2D eigenvalue weighted by Gasteiger charge is 2.67. The summed E-state index contributed by atoms with van der Waals surface area (Å²) in [5.74, 6) is 0.149. The molecule has 2 fully saturated rings. The highest BCUT2D eigenvalue weighted by atomic mass is 19.4. The molecular formula is C21H28F3NO2. The zero-order valence-electron chi connectivity index (χ0n) is 15.8. The van der Waals surface area contributed by atoms with Crippen LogP contribution in [0, 0.1) is 0 Å². The normalized spacial score (nSPS) is 28.9. The molecule has 0 N–H and O–H groups in total. The molecule has 1 aromatic rings. The second kappa shape index (κ2) is 8.31. The summed E-state index contributed by atoms with van der Waals surface area (Å²) in [4.78, 5) is 13.6. The third-order valence-electron chi connectivity index (χ3n) is 5.87. The molecule has 0 bridgehead atoms. The number of unbranched alkanes of at least 4 members (excludes halogenated alkanes) is 1. The summed E-state index contributed by atoms with van der Waals surface area (Å²) in [6, 6.07) is 8.54. The number of ether oxygens (including phenoxy) is 1. The van der Waals surface area contributed by atoms with Crippen LogP contribution in [-0.4, -0.2) is 35.2 Å².